The number of halogens is 4. The van der Waals surface area contributed by atoms with E-state index in [-0.39, 0.29) is 49.8 Å². The summed E-state index contributed by atoms with van der Waals surface area (Å²) < 4.78 is 44.8. The van der Waals surface area contributed by atoms with Crippen LogP contribution >= 0.6 is 12.4 Å². The number of nitrogens with zero attached hydrogens (tertiary/aromatic N) is 1. The maximum atomic E-state index is 13.7. The van der Waals surface area contributed by atoms with E-state index in [4.69, 9.17) is 10.5 Å². The Kier molecular flexibility index (Phi) is 5.86. The lowest BCUT2D eigenvalue weighted by Crippen LogP contribution is -2.31. The van der Waals surface area contributed by atoms with E-state index < -0.39 is 24.2 Å². The molecule has 1 heterocycles. The average Bonchev–Trinajstić information content (AvgIpc) is 2.77. The van der Waals surface area contributed by atoms with Gasteiger partial charge in [0.2, 0.25) is 0 Å². The van der Waals surface area contributed by atoms with Crippen molar-refractivity contribution in [3.8, 4) is 5.75 Å². The summed E-state index contributed by atoms with van der Waals surface area (Å²) in [6.07, 6.45) is -0.362. The lowest BCUT2D eigenvalue weighted by atomic mass is 10.2. The van der Waals surface area contributed by atoms with Gasteiger partial charge in [-0.3, -0.25) is 4.79 Å². The van der Waals surface area contributed by atoms with Crippen molar-refractivity contribution in [2.24, 2.45) is 5.73 Å². The van der Waals surface area contributed by atoms with E-state index in [2.05, 4.69) is 0 Å². The van der Waals surface area contributed by atoms with Crippen LogP contribution in [0.2, 0.25) is 0 Å². The first kappa shape index (κ1) is 17.6. The first-order valence-electron chi connectivity index (χ1n) is 6.22. The molecule has 1 fully saturated rings. The number of alkyl halides is 2. The number of benzene rings is 1. The number of hydrogen-bond acceptors (Lipinski definition) is 3. The van der Waals surface area contributed by atoms with Gasteiger partial charge in [0.1, 0.15) is 6.61 Å². The number of ether oxygens (including phenoxy) is 1. The summed E-state index contributed by atoms with van der Waals surface area (Å²) in [5, 5.41) is 0. The molecular weight excluding hydrogens is 309 g/mol. The average molecular weight is 325 g/mol. The maximum absolute atomic E-state index is 13.7. The van der Waals surface area contributed by atoms with Crippen molar-refractivity contribution in [1.82, 2.24) is 4.90 Å². The number of carbonyl (C=O) groups is 1. The fraction of sp³-hybridized carbons (Fsp3) is 0.462. The van der Waals surface area contributed by atoms with E-state index in [0.29, 0.717) is 0 Å². The molecule has 0 saturated carbocycles. The number of rotatable bonds is 4. The summed E-state index contributed by atoms with van der Waals surface area (Å²) in [4.78, 5) is 13.0. The highest BCUT2D eigenvalue weighted by molar-refractivity contribution is 5.94. The topological polar surface area (TPSA) is 55.6 Å². The highest BCUT2D eigenvalue weighted by atomic mass is 35.5. The minimum atomic E-state index is -2.86. The van der Waals surface area contributed by atoms with Gasteiger partial charge in [0, 0.05) is 25.1 Å². The van der Waals surface area contributed by atoms with Gasteiger partial charge in [0.15, 0.2) is 11.6 Å². The Balaban J connectivity index is 0.00000220. The van der Waals surface area contributed by atoms with E-state index in [1.54, 1.807) is 0 Å². The zero-order chi connectivity index (χ0) is 14.8. The Labute approximate surface area is 126 Å². The smallest absolute Gasteiger partial charge is 0.267 e. The van der Waals surface area contributed by atoms with Gasteiger partial charge in [-0.25, -0.2) is 13.2 Å². The van der Waals surface area contributed by atoms with Gasteiger partial charge in [-0.05, 0) is 18.2 Å². The third-order valence-electron chi connectivity index (χ3n) is 3.01. The number of hydrogen-bond donors (Lipinski definition) is 1. The van der Waals surface area contributed by atoms with Gasteiger partial charge < -0.3 is 15.4 Å². The van der Waals surface area contributed by atoms with Crippen molar-refractivity contribution >= 4 is 18.3 Å². The molecule has 118 valence electrons. The molecule has 8 heteroatoms. The predicted octanol–water partition coefficient (Wildman–Crippen LogP) is 2.07. The zero-order valence-electron chi connectivity index (χ0n) is 11.2. The second kappa shape index (κ2) is 7.00. The predicted molar refractivity (Wildman–Crippen MR) is 73.7 cm³/mol. The Morgan fingerprint density at radius 2 is 2.14 bits per heavy atom. The van der Waals surface area contributed by atoms with Crippen LogP contribution in [0, 0.1) is 5.82 Å². The molecule has 1 amide bonds. The van der Waals surface area contributed by atoms with Crippen molar-refractivity contribution in [3.05, 3.63) is 29.6 Å². The van der Waals surface area contributed by atoms with Gasteiger partial charge in [-0.2, -0.15) is 0 Å². The Bertz CT molecular complexity index is 514. The van der Waals surface area contributed by atoms with Gasteiger partial charge in [0.25, 0.3) is 11.8 Å². The van der Waals surface area contributed by atoms with Crippen LogP contribution in [0.25, 0.3) is 0 Å². The van der Waals surface area contributed by atoms with Crippen LogP contribution in [-0.4, -0.2) is 43.0 Å². The first-order valence-corrected chi connectivity index (χ1v) is 6.22. The number of amides is 1. The number of likely N-dealkylation sites (tertiary alicyclic amines) is 1. The summed E-state index contributed by atoms with van der Waals surface area (Å²) in [6, 6.07) is 3.64. The molecule has 0 atom stereocenters. The summed E-state index contributed by atoms with van der Waals surface area (Å²) in [5.41, 5.74) is 5.26. The Morgan fingerprint density at radius 1 is 1.43 bits per heavy atom. The summed E-state index contributed by atoms with van der Waals surface area (Å²) >= 11 is 0. The van der Waals surface area contributed by atoms with E-state index in [0.717, 1.165) is 11.0 Å². The monoisotopic (exact) mass is 324 g/mol. The number of nitrogens with two attached hydrogens (primary N) is 1. The van der Waals surface area contributed by atoms with Gasteiger partial charge in [0.05, 0.1) is 6.54 Å². The summed E-state index contributed by atoms with van der Waals surface area (Å²) in [5.74, 6) is -4.20. The minimum Gasteiger partial charge on any atom is -0.489 e. The minimum absolute atomic E-state index is 0. The lowest BCUT2D eigenvalue weighted by molar-refractivity contribution is 0.0120. The normalized spacial score (nSPS) is 16.5. The summed E-state index contributed by atoms with van der Waals surface area (Å²) in [6.45, 7) is -0.261. The molecule has 0 bridgehead atoms. The van der Waals surface area contributed by atoms with E-state index in [9.17, 15) is 18.0 Å². The molecule has 1 aromatic rings. The molecule has 1 aromatic carbocycles. The van der Waals surface area contributed by atoms with Crippen LogP contribution in [0.15, 0.2) is 18.2 Å². The molecule has 1 aliphatic rings. The second-order valence-corrected chi connectivity index (χ2v) is 4.61. The zero-order valence-corrected chi connectivity index (χ0v) is 12.0. The van der Waals surface area contributed by atoms with Crippen LogP contribution in [-0.2, 0) is 0 Å². The standard InChI is InChI=1S/C13H15F3N2O2.ClH/c14-10-7-9(1-2-11(10)20-6-4-17)12(19)18-5-3-13(15,16)8-18;/h1-2,7H,3-6,8,17H2;1H. The van der Waals surface area contributed by atoms with Crippen molar-refractivity contribution in [2.75, 3.05) is 26.2 Å². The first-order chi connectivity index (χ1) is 9.43. The van der Waals surface area contributed by atoms with E-state index in [1.807, 2.05) is 0 Å². The van der Waals surface area contributed by atoms with Crippen LogP contribution in [0.3, 0.4) is 0 Å². The van der Waals surface area contributed by atoms with Crippen LogP contribution in [0.5, 0.6) is 5.75 Å². The SMILES string of the molecule is Cl.NCCOc1ccc(C(=O)N2CCC(F)(F)C2)cc1F. The molecule has 0 aliphatic carbocycles. The fourth-order valence-corrected chi connectivity index (χ4v) is 2.01. The molecule has 0 aromatic heterocycles. The molecule has 0 unspecified atom stereocenters. The maximum Gasteiger partial charge on any atom is 0.267 e. The molecule has 2 rings (SSSR count). The third-order valence-corrected chi connectivity index (χ3v) is 3.01. The van der Waals surface area contributed by atoms with Gasteiger partial charge >= 0.3 is 0 Å². The molecule has 4 nitrogen and oxygen atoms in total. The van der Waals surface area contributed by atoms with Crippen molar-refractivity contribution < 1.29 is 22.7 Å². The second-order valence-electron chi connectivity index (χ2n) is 4.61. The highest BCUT2D eigenvalue weighted by Crippen LogP contribution is 2.28. The highest BCUT2D eigenvalue weighted by Gasteiger charge is 2.40. The van der Waals surface area contributed by atoms with Gasteiger partial charge in [-0.1, -0.05) is 0 Å². The lowest BCUT2D eigenvalue weighted by Gasteiger charge is -2.16. The molecule has 2 N–H and O–H groups in total. The fourth-order valence-electron chi connectivity index (χ4n) is 2.01. The Hall–Kier alpha value is -1.47. The largest absolute Gasteiger partial charge is 0.489 e. The van der Waals surface area contributed by atoms with Crippen LogP contribution in [0.1, 0.15) is 16.8 Å². The molecule has 21 heavy (non-hydrogen) atoms. The quantitative estimate of drug-likeness (QED) is 0.922. The van der Waals surface area contributed by atoms with Crippen LogP contribution < -0.4 is 10.5 Å². The molecule has 0 spiro atoms. The summed E-state index contributed by atoms with van der Waals surface area (Å²) in [7, 11) is 0. The molecule has 0 radical (unpaired) electrons. The van der Waals surface area contributed by atoms with E-state index >= 15 is 0 Å². The Morgan fingerprint density at radius 3 is 2.67 bits per heavy atom. The van der Waals surface area contributed by atoms with Crippen molar-refractivity contribution in [3.63, 3.8) is 0 Å². The molecule has 1 saturated heterocycles. The third kappa shape index (κ3) is 4.25. The van der Waals surface area contributed by atoms with Crippen LogP contribution in [0.4, 0.5) is 13.2 Å². The number of carbonyl (C=O) groups excluding carboxylic acids is 1. The van der Waals surface area contributed by atoms with E-state index in [1.165, 1.54) is 12.1 Å². The van der Waals surface area contributed by atoms with Gasteiger partial charge in [-0.15, -0.1) is 12.4 Å². The van der Waals surface area contributed by atoms with Crippen molar-refractivity contribution in [2.45, 2.75) is 12.3 Å². The molecule has 1 aliphatic heterocycles. The molecular formula is C13H16ClF3N2O2. The van der Waals surface area contributed by atoms with Crippen molar-refractivity contribution in [1.29, 1.82) is 0 Å².